The molecular formula is C13H42O4Si6. The van der Waals surface area contributed by atoms with Crippen LogP contribution in [0.4, 0.5) is 0 Å². The molecule has 0 aliphatic rings. The van der Waals surface area contributed by atoms with Gasteiger partial charge in [-0.25, -0.2) is 0 Å². The Morgan fingerprint density at radius 1 is 0.478 bits per heavy atom. The molecule has 0 aromatic rings. The molecule has 10 heteroatoms. The van der Waals surface area contributed by atoms with Gasteiger partial charge in [-0.05, 0) is 85.1 Å². The molecule has 142 valence electrons. The molecule has 4 nitrogen and oxygen atoms in total. The molecule has 0 atom stereocenters. The molecule has 0 bridgehead atoms. The molecule has 0 spiro atoms. The molecule has 0 saturated carbocycles. The van der Waals surface area contributed by atoms with Crippen molar-refractivity contribution in [3.05, 3.63) is 0 Å². The third kappa shape index (κ3) is 23.1. The van der Waals surface area contributed by atoms with Crippen molar-refractivity contribution >= 4 is 52.6 Å². The van der Waals surface area contributed by atoms with Gasteiger partial charge >= 0.3 is 8.56 Å². The van der Waals surface area contributed by atoms with E-state index in [0.717, 1.165) is 0 Å². The first-order valence-electron chi connectivity index (χ1n) is 8.65. The van der Waals surface area contributed by atoms with Crippen LogP contribution in [0.15, 0.2) is 0 Å². The SMILES string of the molecule is C[SiH](C)O[Si](C)(C)O[SiH](C)C.C[SiH](O[Si](C)(C)C)O[Si](C)(C)C. The second-order valence-corrected chi connectivity index (χ2v) is 29.1. The molecule has 23 heavy (non-hydrogen) atoms. The zero-order valence-corrected chi connectivity index (χ0v) is 24.3. The first-order valence-corrected chi connectivity index (χ1v) is 25.9. The molecule has 0 saturated heterocycles. The topological polar surface area (TPSA) is 36.9 Å². The van der Waals surface area contributed by atoms with E-state index in [9.17, 15) is 0 Å². The largest absolute Gasteiger partial charge is 0.440 e. The predicted octanol–water partition coefficient (Wildman–Crippen LogP) is 4.23. The third-order valence-electron chi connectivity index (χ3n) is 2.08. The smallest absolute Gasteiger partial charge is 0.310 e. The molecule has 0 rings (SSSR count). The Morgan fingerprint density at radius 3 is 0.913 bits per heavy atom. The molecular weight excluding hydrogens is 389 g/mol. The van der Waals surface area contributed by atoms with Gasteiger partial charge in [0.2, 0.25) is 0 Å². The Balaban J connectivity index is 0. The van der Waals surface area contributed by atoms with Crippen LogP contribution in [-0.4, -0.2) is 52.6 Å². The Hall–Kier alpha value is 1.14. The first-order chi connectivity index (χ1) is 9.93. The van der Waals surface area contributed by atoms with E-state index in [2.05, 4.69) is 85.1 Å². The molecule has 0 aliphatic heterocycles. The van der Waals surface area contributed by atoms with Gasteiger partial charge in [0, 0.05) is 0 Å². The van der Waals surface area contributed by atoms with E-state index >= 15 is 0 Å². The highest BCUT2D eigenvalue weighted by Crippen LogP contribution is 2.11. The van der Waals surface area contributed by atoms with Gasteiger partial charge in [-0.2, -0.15) is 0 Å². The lowest BCUT2D eigenvalue weighted by molar-refractivity contribution is 0.415. The van der Waals surface area contributed by atoms with E-state index in [1.165, 1.54) is 0 Å². The van der Waals surface area contributed by atoms with E-state index in [-0.39, 0.29) is 0 Å². The monoisotopic (exact) mass is 430 g/mol. The average molecular weight is 431 g/mol. The van der Waals surface area contributed by atoms with E-state index in [0.29, 0.717) is 0 Å². The molecule has 0 radical (unpaired) electrons. The summed E-state index contributed by atoms with van der Waals surface area (Å²) in [5.74, 6) is 0. The minimum Gasteiger partial charge on any atom is -0.440 e. The van der Waals surface area contributed by atoms with E-state index in [4.69, 9.17) is 16.5 Å². The summed E-state index contributed by atoms with van der Waals surface area (Å²) in [4.78, 5) is 0. The van der Waals surface area contributed by atoms with Gasteiger partial charge in [-0.3, -0.25) is 0 Å². The van der Waals surface area contributed by atoms with Crippen LogP contribution in [0.3, 0.4) is 0 Å². The summed E-state index contributed by atoms with van der Waals surface area (Å²) in [5.41, 5.74) is 0. The fraction of sp³-hybridized carbons (Fsp3) is 1.00. The summed E-state index contributed by atoms with van der Waals surface area (Å²) in [5, 5.41) is 0. The summed E-state index contributed by atoms with van der Waals surface area (Å²) >= 11 is 0. The van der Waals surface area contributed by atoms with Crippen LogP contribution in [0.5, 0.6) is 0 Å². The van der Waals surface area contributed by atoms with Crippen molar-refractivity contribution in [2.45, 2.75) is 85.1 Å². The summed E-state index contributed by atoms with van der Waals surface area (Å²) in [6, 6.07) is 0. The van der Waals surface area contributed by atoms with Crippen molar-refractivity contribution in [2.24, 2.45) is 0 Å². The van der Waals surface area contributed by atoms with E-state index in [1.807, 2.05) is 0 Å². The predicted molar refractivity (Wildman–Crippen MR) is 119 cm³/mol. The minimum atomic E-state index is -1.71. The molecule has 0 fully saturated rings. The summed E-state index contributed by atoms with van der Waals surface area (Å²) < 4.78 is 23.5. The van der Waals surface area contributed by atoms with Crippen LogP contribution in [-0.2, 0) is 16.5 Å². The van der Waals surface area contributed by atoms with Crippen LogP contribution in [0.2, 0.25) is 85.1 Å². The van der Waals surface area contributed by atoms with Crippen LogP contribution in [0.25, 0.3) is 0 Å². The van der Waals surface area contributed by atoms with Gasteiger partial charge in [-0.15, -0.1) is 0 Å². The molecule has 0 aromatic heterocycles. The Labute approximate surface area is 154 Å². The van der Waals surface area contributed by atoms with Gasteiger partial charge in [0.1, 0.15) is 0 Å². The maximum Gasteiger partial charge on any atom is 0.310 e. The van der Waals surface area contributed by atoms with Crippen molar-refractivity contribution in [3.8, 4) is 0 Å². The third-order valence-corrected chi connectivity index (χ3v) is 18.7. The molecule has 0 amide bonds. The molecule has 0 unspecified atom stereocenters. The van der Waals surface area contributed by atoms with Crippen LogP contribution in [0, 0.1) is 0 Å². The Morgan fingerprint density at radius 2 is 0.739 bits per heavy atom. The quantitative estimate of drug-likeness (QED) is 0.540. The maximum absolute atomic E-state index is 5.90. The lowest BCUT2D eigenvalue weighted by atomic mass is 11.8. The van der Waals surface area contributed by atoms with Crippen molar-refractivity contribution in [2.75, 3.05) is 0 Å². The normalized spacial score (nSPS) is 13.6. The van der Waals surface area contributed by atoms with Crippen molar-refractivity contribution in [3.63, 3.8) is 0 Å². The highest BCUT2D eigenvalue weighted by atomic mass is 28.5. The van der Waals surface area contributed by atoms with E-state index in [1.54, 1.807) is 0 Å². The maximum atomic E-state index is 5.90. The summed E-state index contributed by atoms with van der Waals surface area (Å²) in [7, 11) is -7.55. The number of hydrogen-bond donors (Lipinski definition) is 0. The molecule has 0 aromatic carbocycles. The number of hydrogen-bond acceptors (Lipinski definition) is 4. The minimum absolute atomic E-state index is 0.895. The molecule has 0 aliphatic carbocycles. The van der Waals surface area contributed by atoms with Gasteiger partial charge in [0.05, 0.1) is 0 Å². The van der Waals surface area contributed by atoms with Gasteiger partial charge in [0.15, 0.2) is 34.7 Å². The fourth-order valence-corrected chi connectivity index (χ4v) is 20.6. The average Bonchev–Trinajstić information content (AvgIpc) is 2.04. The molecule has 0 N–H and O–H groups in total. The fourth-order valence-electron chi connectivity index (χ4n) is 2.18. The second-order valence-electron chi connectivity index (χ2n) is 8.76. The van der Waals surface area contributed by atoms with Crippen molar-refractivity contribution in [1.29, 1.82) is 0 Å². The van der Waals surface area contributed by atoms with Gasteiger partial charge in [0.25, 0.3) is 9.28 Å². The Bertz CT molecular complexity index is 285. The highest BCUT2D eigenvalue weighted by molar-refractivity contribution is 6.80. The lowest BCUT2D eigenvalue weighted by Gasteiger charge is -2.28. The number of rotatable bonds is 8. The standard InChI is InChI=1S/C7H22O2Si3.C6H20O2Si3/c1-10(8-11(2,3)4)9-12(5,6)7;1-9(2)7-11(5,6)8-10(3)4/h10H,1-7H3;9-10H,1-6H3. The van der Waals surface area contributed by atoms with Crippen LogP contribution < -0.4 is 0 Å². The molecule has 0 heterocycles. The zero-order chi connectivity index (χ0) is 19.1. The van der Waals surface area contributed by atoms with Crippen molar-refractivity contribution in [1.82, 2.24) is 0 Å². The zero-order valence-electron chi connectivity index (χ0n) is 17.9. The van der Waals surface area contributed by atoms with Crippen molar-refractivity contribution < 1.29 is 16.5 Å². The van der Waals surface area contributed by atoms with Gasteiger partial charge in [-0.1, -0.05) is 0 Å². The van der Waals surface area contributed by atoms with Crippen LogP contribution in [0.1, 0.15) is 0 Å². The summed E-state index contributed by atoms with van der Waals surface area (Å²) in [6.45, 7) is 28.5. The first kappa shape index (κ1) is 26.4. The van der Waals surface area contributed by atoms with Crippen LogP contribution >= 0.6 is 0 Å². The van der Waals surface area contributed by atoms with E-state index < -0.39 is 52.6 Å². The second kappa shape index (κ2) is 11.0. The Kier molecular flexibility index (Phi) is 12.6. The lowest BCUT2D eigenvalue weighted by Crippen LogP contribution is -2.42. The highest BCUT2D eigenvalue weighted by Gasteiger charge is 2.26. The summed E-state index contributed by atoms with van der Waals surface area (Å²) in [6.07, 6.45) is 0. The van der Waals surface area contributed by atoms with Gasteiger partial charge < -0.3 is 16.5 Å².